The average molecular weight is 200 g/mol. The molecule has 1 atom stereocenters. The number of rotatable bonds is 10. The summed E-state index contributed by atoms with van der Waals surface area (Å²) < 4.78 is 0. The van der Waals surface area contributed by atoms with E-state index in [4.69, 9.17) is 11.5 Å². The molecule has 0 saturated heterocycles. The molecule has 14 heavy (non-hydrogen) atoms. The monoisotopic (exact) mass is 200 g/mol. The Morgan fingerprint density at radius 1 is 1.07 bits per heavy atom. The standard InChI is InChI=1S/C11H26N3/c1-2-3-6-11(13)7-10-14-9-5-4-8-12/h11,14H,1-10,12-13H2. The van der Waals surface area contributed by atoms with Gasteiger partial charge in [-0.3, -0.25) is 0 Å². The molecule has 0 heterocycles. The Bertz CT molecular complexity index is 107. The van der Waals surface area contributed by atoms with Gasteiger partial charge in [0.2, 0.25) is 0 Å². The SMILES string of the molecule is [CH2]CCCC(N)CCNCCCCN. The van der Waals surface area contributed by atoms with Crippen molar-refractivity contribution in [2.24, 2.45) is 11.5 Å². The van der Waals surface area contributed by atoms with Crippen LogP contribution < -0.4 is 16.8 Å². The fourth-order valence-corrected chi connectivity index (χ4v) is 1.36. The van der Waals surface area contributed by atoms with Crippen molar-refractivity contribution in [3.05, 3.63) is 6.92 Å². The molecule has 1 unspecified atom stereocenters. The first-order valence-electron chi connectivity index (χ1n) is 5.77. The van der Waals surface area contributed by atoms with Crippen molar-refractivity contribution in [2.75, 3.05) is 19.6 Å². The lowest BCUT2D eigenvalue weighted by Gasteiger charge is -2.11. The van der Waals surface area contributed by atoms with Crippen LogP contribution in [-0.2, 0) is 0 Å². The lowest BCUT2D eigenvalue weighted by Crippen LogP contribution is -2.27. The van der Waals surface area contributed by atoms with E-state index in [1.807, 2.05) is 0 Å². The Morgan fingerprint density at radius 3 is 2.50 bits per heavy atom. The van der Waals surface area contributed by atoms with Crippen LogP contribution in [0.3, 0.4) is 0 Å². The van der Waals surface area contributed by atoms with Gasteiger partial charge in [-0.25, -0.2) is 0 Å². The van der Waals surface area contributed by atoms with Crippen molar-refractivity contribution in [1.29, 1.82) is 0 Å². The molecule has 0 amide bonds. The Morgan fingerprint density at radius 2 is 1.86 bits per heavy atom. The Kier molecular flexibility index (Phi) is 10.9. The molecule has 0 spiro atoms. The molecule has 0 aliphatic carbocycles. The lowest BCUT2D eigenvalue weighted by molar-refractivity contribution is 0.513. The first-order valence-corrected chi connectivity index (χ1v) is 5.77. The summed E-state index contributed by atoms with van der Waals surface area (Å²) in [5.41, 5.74) is 11.3. The van der Waals surface area contributed by atoms with E-state index in [9.17, 15) is 0 Å². The summed E-state index contributed by atoms with van der Waals surface area (Å²) in [6.07, 6.45) is 6.60. The van der Waals surface area contributed by atoms with Crippen LogP contribution >= 0.6 is 0 Å². The van der Waals surface area contributed by atoms with Crippen LogP contribution in [0.5, 0.6) is 0 Å². The van der Waals surface area contributed by atoms with Crippen molar-refractivity contribution in [3.63, 3.8) is 0 Å². The second-order valence-electron chi connectivity index (χ2n) is 3.79. The number of unbranched alkanes of at least 4 members (excludes halogenated alkanes) is 2. The maximum atomic E-state index is 5.91. The molecule has 0 aliphatic rings. The maximum absolute atomic E-state index is 5.91. The molecule has 0 aromatic heterocycles. The van der Waals surface area contributed by atoms with Crippen molar-refractivity contribution >= 4 is 0 Å². The summed E-state index contributed by atoms with van der Waals surface area (Å²) in [6, 6.07) is 0.346. The number of nitrogens with two attached hydrogens (primary N) is 2. The third-order valence-corrected chi connectivity index (χ3v) is 2.32. The predicted octanol–water partition coefficient (Wildman–Crippen LogP) is 1.04. The molecule has 3 nitrogen and oxygen atoms in total. The topological polar surface area (TPSA) is 64.1 Å². The lowest BCUT2D eigenvalue weighted by atomic mass is 10.1. The largest absolute Gasteiger partial charge is 0.330 e. The fourth-order valence-electron chi connectivity index (χ4n) is 1.36. The van der Waals surface area contributed by atoms with Gasteiger partial charge in [0.15, 0.2) is 0 Å². The zero-order chi connectivity index (χ0) is 10.6. The number of nitrogens with one attached hydrogen (secondary N) is 1. The highest BCUT2D eigenvalue weighted by Crippen LogP contribution is 2.00. The van der Waals surface area contributed by atoms with E-state index in [-0.39, 0.29) is 0 Å². The summed E-state index contributed by atoms with van der Waals surface area (Å²) in [4.78, 5) is 0. The van der Waals surface area contributed by atoms with Gasteiger partial charge in [-0.05, 0) is 45.3 Å². The van der Waals surface area contributed by atoms with Gasteiger partial charge in [-0.15, -0.1) is 0 Å². The first-order chi connectivity index (χ1) is 6.81. The van der Waals surface area contributed by atoms with Crippen molar-refractivity contribution in [2.45, 2.75) is 44.6 Å². The predicted molar refractivity (Wildman–Crippen MR) is 63.0 cm³/mol. The van der Waals surface area contributed by atoms with Crippen LogP contribution in [0.4, 0.5) is 0 Å². The summed E-state index contributed by atoms with van der Waals surface area (Å²) in [5, 5.41) is 3.38. The normalized spacial score (nSPS) is 13.1. The summed E-state index contributed by atoms with van der Waals surface area (Å²) >= 11 is 0. The van der Waals surface area contributed by atoms with E-state index >= 15 is 0 Å². The molecule has 0 rings (SSSR count). The third-order valence-electron chi connectivity index (χ3n) is 2.32. The molecular weight excluding hydrogens is 174 g/mol. The van der Waals surface area contributed by atoms with Crippen molar-refractivity contribution < 1.29 is 0 Å². The molecule has 0 fully saturated rings. The zero-order valence-electron chi connectivity index (χ0n) is 9.30. The van der Waals surface area contributed by atoms with Crippen LogP contribution in [0.2, 0.25) is 0 Å². The Balaban J connectivity index is 3.02. The minimum absolute atomic E-state index is 0.346. The Hall–Kier alpha value is -0.120. The highest BCUT2D eigenvalue weighted by molar-refractivity contribution is 4.63. The third kappa shape index (κ3) is 9.96. The van der Waals surface area contributed by atoms with Crippen LogP contribution in [-0.4, -0.2) is 25.7 Å². The fraction of sp³-hybridized carbons (Fsp3) is 0.909. The molecule has 3 heteroatoms. The summed E-state index contributed by atoms with van der Waals surface area (Å²) in [6.45, 7) is 6.70. The minimum Gasteiger partial charge on any atom is -0.330 e. The molecule has 0 saturated carbocycles. The van der Waals surface area contributed by atoms with Crippen molar-refractivity contribution in [1.82, 2.24) is 5.32 Å². The summed E-state index contributed by atoms with van der Waals surface area (Å²) in [5.74, 6) is 0. The van der Waals surface area contributed by atoms with Crippen LogP contribution in [0.15, 0.2) is 0 Å². The highest BCUT2D eigenvalue weighted by atomic mass is 14.9. The van der Waals surface area contributed by atoms with Crippen molar-refractivity contribution in [3.8, 4) is 0 Å². The quantitative estimate of drug-likeness (QED) is 0.462. The van der Waals surface area contributed by atoms with E-state index in [0.29, 0.717) is 6.04 Å². The molecule has 0 aromatic carbocycles. The van der Waals surface area contributed by atoms with Crippen LogP contribution in [0, 0.1) is 6.92 Å². The Labute approximate surface area is 88.6 Å². The van der Waals surface area contributed by atoms with Gasteiger partial charge in [0, 0.05) is 6.04 Å². The van der Waals surface area contributed by atoms with Gasteiger partial charge in [0.05, 0.1) is 0 Å². The molecule has 5 N–H and O–H groups in total. The number of hydrogen-bond donors (Lipinski definition) is 3. The summed E-state index contributed by atoms with van der Waals surface area (Å²) in [7, 11) is 0. The second-order valence-corrected chi connectivity index (χ2v) is 3.79. The van der Waals surface area contributed by atoms with Gasteiger partial charge in [0.1, 0.15) is 0 Å². The van der Waals surface area contributed by atoms with Gasteiger partial charge >= 0.3 is 0 Å². The van der Waals surface area contributed by atoms with Gasteiger partial charge < -0.3 is 16.8 Å². The molecule has 85 valence electrons. The zero-order valence-corrected chi connectivity index (χ0v) is 9.30. The van der Waals surface area contributed by atoms with Crippen LogP contribution in [0.1, 0.15) is 38.5 Å². The second kappa shape index (κ2) is 11.0. The molecule has 0 aliphatic heterocycles. The van der Waals surface area contributed by atoms with E-state index in [1.165, 1.54) is 6.42 Å². The highest BCUT2D eigenvalue weighted by Gasteiger charge is 2.00. The van der Waals surface area contributed by atoms with E-state index in [0.717, 1.165) is 51.7 Å². The van der Waals surface area contributed by atoms with E-state index in [2.05, 4.69) is 12.2 Å². The molecule has 0 bridgehead atoms. The van der Waals surface area contributed by atoms with E-state index in [1.54, 1.807) is 0 Å². The average Bonchev–Trinajstić information content (AvgIpc) is 2.20. The molecule has 1 radical (unpaired) electrons. The minimum atomic E-state index is 0.346. The molecular formula is C11H26N3. The van der Waals surface area contributed by atoms with Gasteiger partial charge in [0.25, 0.3) is 0 Å². The maximum Gasteiger partial charge on any atom is 0.00509 e. The van der Waals surface area contributed by atoms with Gasteiger partial charge in [-0.2, -0.15) is 0 Å². The number of hydrogen-bond acceptors (Lipinski definition) is 3. The smallest absolute Gasteiger partial charge is 0.00509 e. The van der Waals surface area contributed by atoms with Gasteiger partial charge in [-0.1, -0.05) is 19.8 Å². The molecule has 0 aromatic rings. The van der Waals surface area contributed by atoms with Crippen LogP contribution in [0.25, 0.3) is 0 Å². The van der Waals surface area contributed by atoms with E-state index < -0.39 is 0 Å². The first kappa shape index (κ1) is 13.9.